The second-order valence-corrected chi connectivity index (χ2v) is 2.98. The molecule has 66 valence electrons. The summed E-state index contributed by atoms with van der Waals surface area (Å²) in [4.78, 5) is 0. The Morgan fingerprint density at radius 1 is 1.46 bits per heavy atom. The third-order valence-corrected chi connectivity index (χ3v) is 2.26. The molecule has 0 radical (unpaired) electrons. The summed E-state index contributed by atoms with van der Waals surface area (Å²) in [5.41, 5.74) is 0.506. The molecule has 0 aliphatic heterocycles. The van der Waals surface area contributed by atoms with Crippen LogP contribution in [0.3, 0.4) is 0 Å². The van der Waals surface area contributed by atoms with Gasteiger partial charge in [-0.05, 0) is 6.07 Å². The van der Waals surface area contributed by atoms with Crippen LogP contribution in [0.4, 0.5) is 0 Å². The van der Waals surface area contributed by atoms with E-state index in [0.717, 1.165) is 0 Å². The number of nitriles is 1. The molecule has 0 aliphatic carbocycles. The van der Waals surface area contributed by atoms with Crippen LogP contribution >= 0.6 is 23.2 Å². The van der Waals surface area contributed by atoms with E-state index in [1.165, 1.54) is 0 Å². The number of hydrogen-bond donors (Lipinski definition) is 1. The number of nitrogens with zero attached hydrogens (tertiary/aromatic N) is 2. The van der Waals surface area contributed by atoms with Crippen molar-refractivity contribution in [2.75, 3.05) is 0 Å². The molecule has 0 amide bonds. The first-order chi connectivity index (χ1) is 6.20. The summed E-state index contributed by atoms with van der Waals surface area (Å²) in [6.45, 7) is 0. The highest BCUT2D eigenvalue weighted by Gasteiger charge is 2.09. The quantitative estimate of drug-likeness (QED) is 0.442. The fourth-order valence-electron chi connectivity index (χ4n) is 0.845. The highest BCUT2D eigenvalue weighted by atomic mass is 35.5. The van der Waals surface area contributed by atoms with Gasteiger partial charge in [0.15, 0.2) is 5.71 Å². The summed E-state index contributed by atoms with van der Waals surface area (Å²) in [5, 5.41) is 12.6. The number of benzene rings is 1. The summed E-state index contributed by atoms with van der Waals surface area (Å²) in [6, 6.07) is 6.74. The monoisotopic (exact) mass is 213 g/mol. The standard InChI is InChI=1S/C8H5Cl2N3/c9-6-3-1-2-5(8(6)10)7(4-11)13-12/h1-3H,12H2/b13-7+. The van der Waals surface area contributed by atoms with Crippen LogP contribution in [0.5, 0.6) is 0 Å². The summed E-state index contributed by atoms with van der Waals surface area (Å²) in [5.74, 6) is 5.00. The van der Waals surface area contributed by atoms with Crippen LogP contribution in [0.2, 0.25) is 10.0 Å². The van der Waals surface area contributed by atoms with Gasteiger partial charge in [0.25, 0.3) is 0 Å². The first kappa shape index (κ1) is 9.85. The number of nitrogens with two attached hydrogens (primary N) is 1. The number of hydrazone groups is 1. The Hall–Kier alpha value is -1.24. The van der Waals surface area contributed by atoms with Crippen LogP contribution in [0.15, 0.2) is 23.3 Å². The van der Waals surface area contributed by atoms with Crippen LogP contribution in [0, 0.1) is 11.3 Å². The molecule has 0 fully saturated rings. The van der Waals surface area contributed by atoms with Gasteiger partial charge < -0.3 is 5.84 Å². The molecule has 1 rings (SSSR count). The van der Waals surface area contributed by atoms with Crippen molar-refractivity contribution in [3.63, 3.8) is 0 Å². The first-order valence-corrected chi connectivity index (χ1v) is 4.08. The molecule has 0 bridgehead atoms. The number of hydrogen-bond acceptors (Lipinski definition) is 3. The molecule has 0 saturated heterocycles. The summed E-state index contributed by atoms with van der Waals surface area (Å²) in [6.07, 6.45) is 0. The second-order valence-electron chi connectivity index (χ2n) is 2.19. The van der Waals surface area contributed by atoms with E-state index in [1.807, 2.05) is 6.07 Å². The molecule has 5 heteroatoms. The Morgan fingerprint density at radius 2 is 2.15 bits per heavy atom. The molecule has 0 spiro atoms. The molecular weight excluding hydrogens is 209 g/mol. The lowest BCUT2D eigenvalue weighted by molar-refractivity contribution is 1.25. The minimum atomic E-state index is 0.0625. The maximum absolute atomic E-state index is 8.63. The lowest BCUT2D eigenvalue weighted by atomic mass is 10.1. The molecule has 0 atom stereocenters. The van der Waals surface area contributed by atoms with E-state index < -0.39 is 0 Å². The van der Waals surface area contributed by atoms with Crippen molar-refractivity contribution in [3.05, 3.63) is 33.8 Å². The Labute approximate surface area is 85.4 Å². The largest absolute Gasteiger partial charge is 0.322 e. The molecule has 2 N–H and O–H groups in total. The summed E-state index contributed by atoms with van der Waals surface area (Å²) >= 11 is 11.6. The second kappa shape index (κ2) is 4.13. The third kappa shape index (κ3) is 1.92. The average Bonchev–Trinajstić information content (AvgIpc) is 2.14. The lowest BCUT2D eigenvalue weighted by Crippen LogP contribution is -2.01. The Bertz CT molecular complexity index is 393. The molecule has 0 heterocycles. The van der Waals surface area contributed by atoms with E-state index in [2.05, 4.69) is 5.10 Å². The number of rotatable bonds is 1. The van der Waals surface area contributed by atoms with E-state index in [4.69, 9.17) is 34.3 Å². The van der Waals surface area contributed by atoms with E-state index in [-0.39, 0.29) is 10.7 Å². The van der Waals surface area contributed by atoms with Crippen molar-refractivity contribution in [2.24, 2.45) is 10.9 Å². The number of halogens is 2. The molecular formula is C8H5Cl2N3. The SMILES string of the molecule is N#C/C(=N\N)c1cccc(Cl)c1Cl. The van der Waals surface area contributed by atoms with Gasteiger partial charge in [0.05, 0.1) is 10.0 Å². The van der Waals surface area contributed by atoms with Gasteiger partial charge in [-0.15, -0.1) is 0 Å². The van der Waals surface area contributed by atoms with Gasteiger partial charge in [0.1, 0.15) is 6.07 Å². The molecule has 13 heavy (non-hydrogen) atoms. The van der Waals surface area contributed by atoms with Crippen molar-refractivity contribution in [1.29, 1.82) is 5.26 Å². The normalized spacial score (nSPS) is 11.0. The van der Waals surface area contributed by atoms with Crippen LogP contribution in [-0.4, -0.2) is 5.71 Å². The smallest absolute Gasteiger partial charge is 0.168 e. The third-order valence-electron chi connectivity index (χ3n) is 1.44. The van der Waals surface area contributed by atoms with E-state index in [1.54, 1.807) is 18.2 Å². The molecule has 0 saturated carbocycles. The predicted molar refractivity (Wildman–Crippen MR) is 52.8 cm³/mol. The van der Waals surface area contributed by atoms with Crippen molar-refractivity contribution in [2.45, 2.75) is 0 Å². The van der Waals surface area contributed by atoms with Crippen molar-refractivity contribution >= 4 is 28.9 Å². The van der Waals surface area contributed by atoms with Crippen LogP contribution in [0.25, 0.3) is 0 Å². The molecule has 1 aromatic rings. The zero-order chi connectivity index (χ0) is 9.84. The minimum Gasteiger partial charge on any atom is -0.322 e. The Kier molecular flexibility index (Phi) is 3.13. The zero-order valence-corrected chi connectivity index (χ0v) is 7.97. The van der Waals surface area contributed by atoms with Gasteiger partial charge in [0, 0.05) is 5.56 Å². The Morgan fingerprint density at radius 3 is 2.69 bits per heavy atom. The van der Waals surface area contributed by atoms with Gasteiger partial charge in [-0.25, -0.2) is 0 Å². The fourth-order valence-corrected chi connectivity index (χ4v) is 1.24. The summed E-state index contributed by atoms with van der Waals surface area (Å²) < 4.78 is 0. The van der Waals surface area contributed by atoms with E-state index in [9.17, 15) is 0 Å². The van der Waals surface area contributed by atoms with Gasteiger partial charge >= 0.3 is 0 Å². The van der Waals surface area contributed by atoms with Gasteiger partial charge in [-0.2, -0.15) is 10.4 Å². The molecule has 1 aromatic carbocycles. The first-order valence-electron chi connectivity index (χ1n) is 3.33. The molecule has 0 unspecified atom stereocenters. The maximum atomic E-state index is 8.63. The van der Waals surface area contributed by atoms with Crippen molar-refractivity contribution in [3.8, 4) is 6.07 Å². The average molecular weight is 214 g/mol. The van der Waals surface area contributed by atoms with Crippen molar-refractivity contribution < 1.29 is 0 Å². The topological polar surface area (TPSA) is 62.2 Å². The highest BCUT2D eigenvalue weighted by molar-refractivity contribution is 6.44. The lowest BCUT2D eigenvalue weighted by Gasteiger charge is -2.01. The maximum Gasteiger partial charge on any atom is 0.168 e. The molecule has 3 nitrogen and oxygen atoms in total. The fraction of sp³-hybridized carbons (Fsp3) is 0. The van der Waals surface area contributed by atoms with Crippen LogP contribution < -0.4 is 5.84 Å². The highest BCUT2D eigenvalue weighted by Crippen LogP contribution is 2.25. The van der Waals surface area contributed by atoms with Crippen LogP contribution in [0.1, 0.15) is 5.56 Å². The van der Waals surface area contributed by atoms with Gasteiger partial charge in [-0.3, -0.25) is 0 Å². The van der Waals surface area contributed by atoms with Gasteiger partial charge in [0.2, 0.25) is 0 Å². The van der Waals surface area contributed by atoms with Crippen molar-refractivity contribution in [1.82, 2.24) is 0 Å². The van der Waals surface area contributed by atoms with Gasteiger partial charge in [-0.1, -0.05) is 35.3 Å². The molecule has 0 aliphatic rings. The van der Waals surface area contributed by atoms with Crippen LogP contribution in [-0.2, 0) is 0 Å². The van der Waals surface area contributed by atoms with E-state index >= 15 is 0 Å². The predicted octanol–water partition coefficient (Wildman–Crippen LogP) is 2.18. The summed E-state index contributed by atoms with van der Waals surface area (Å²) in [7, 11) is 0. The Balaban J connectivity index is 3.32. The van der Waals surface area contributed by atoms with E-state index in [0.29, 0.717) is 10.6 Å². The minimum absolute atomic E-state index is 0.0625. The zero-order valence-electron chi connectivity index (χ0n) is 6.46. The molecule has 0 aromatic heterocycles.